The lowest BCUT2D eigenvalue weighted by Crippen LogP contribution is -2.32. The van der Waals surface area contributed by atoms with Crippen LogP contribution in [0.25, 0.3) is 10.9 Å². The minimum Gasteiger partial charge on any atom is -0.287 e. The molecule has 1 saturated carbocycles. The van der Waals surface area contributed by atoms with Gasteiger partial charge in [0.05, 0.1) is 22.5 Å². The third-order valence-corrected chi connectivity index (χ3v) is 3.32. The van der Waals surface area contributed by atoms with Gasteiger partial charge in [-0.25, -0.2) is 13.6 Å². The molecular formula is C12H7F5N2O2. The highest BCUT2D eigenvalue weighted by atomic mass is 19.4. The van der Waals surface area contributed by atoms with Gasteiger partial charge in [-0.3, -0.25) is 14.3 Å². The van der Waals surface area contributed by atoms with Crippen LogP contribution >= 0.6 is 0 Å². The van der Waals surface area contributed by atoms with Crippen molar-refractivity contribution in [1.29, 1.82) is 0 Å². The summed E-state index contributed by atoms with van der Waals surface area (Å²) in [6.45, 7) is 0. The summed E-state index contributed by atoms with van der Waals surface area (Å²) >= 11 is 0. The molecule has 2 aromatic rings. The zero-order valence-electron chi connectivity index (χ0n) is 10.2. The van der Waals surface area contributed by atoms with Gasteiger partial charge in [0.1, 0.15) is 12.0 Å². The molecule has 0 spiro atoms. The highest BCUT2D eigenvalue weighted by molar-refractivity contribution is 5.82. The summed E-state index contributed by atoms with van der Waals surface area (Å²) in [5.41, 5.74) is -4.55. The maximum atomic E-state index is 13.3. The van der Waals surface area contributed by atoms with Crippen LogP contribution in [0.4, 0.5) is 22.0 Å². The van der Waals surface area contributed by atoms with Crippen LogP contribution < -0.4 is 11.2 Å². The minimum absolute atomic E-state index is 0.129. The second kappa shape index (κ2) is 4.15. The van der Waals surface area contributed by atoms with E-state index in [9.17, 15) is 31.5 Å². The normalized spacial score (nSPS) is 21.8. The molecule has 1 N–H and O–H groups in total. The van der Waals surface area contributed by atoms with Crippen LogP contribution in [0.5, 0.6) is 0 Å². The van der Waals surface area contributed by atoms with Gasteiger partial charge in [0, 0.05) is 6.42 Å². The molecule has 112 valence electrons. The van der Waals surface area contributed by atoms with Crippen LogP contribution in [-0.2, 0) is 6.18 Å². The smallest absolute Gasteiger partial charge is 0.287 e. The van der Waals surface area contributed by atoms with E-state index < -0.39 is 51.9 Å². The van der Waals surface area contributed by atoms with Crippen molar-refractivity contribution in [2.45, 2.75) is 24.8 Å². The van der Waals surface area contributed by atoms with Gasteiger partial charge in [0.2, 0.25) is 0 Å². The highest BCUT2D eigenvalue weighted by Crippen LogP contribution is 2.42. The number of benzene rings is 1. The summed E-state index contributed by atoms with van der Waals surface area (Å²) in [4.78, 5) is 25.1. The molecule has 2 atom stereocenters. The molecule has 0 radical (unpaired) electrons. The fourth-order valence-electron chi connectivity index (χ4n) is 2.31. The molecule has 1 aliphatic carbocycles. The molecule has 2 unspecified atom stereocenters. The first-order valence-corrected chi connectivity index (χ1v) is 5.89. The maximum absolute atomic E-state index is 13.3. The molecule has 0 amide bonds. The van der Waals surface area contributed by atoms with Crippen molar-refractivity contribution in [3.63, 3.8) is 0 Å². The molecule has 1 fully saturated rings. The zero-order valence-corrected chi connectivity index (χ0v) is 10.2. The Morgan fingerprint density at radius 1 is 1.24 bits per heavy atom. The number of hydrogen-bond acceptors (Lipinski definition) is 2. The Morgan fingerprint density at radius 3 is 2.38 bits per heavy atom. The molecule has 4 nitrogen and oxygen atoms in total. The Bertz CT molecular complexity index is 852. The number of nitrogens with zero attached hydrogens (tertiary/aromatic N) is 1. The number of hydrogen-bond donors (Lipinski definition) is 1. The monoisotopic (exact) mass is 306 g/mol. The fourth-order valence-corrected chi connectivity index (χ4v) is 2.31. The first kappa shape index (κ1) is 13.8. The first-order chi connectivity index (χ1) is 9.70. The van der Waals surface area contributed by atoms with Crippen molar-refractivity contribution < 1.29 is 22.0 Å². The average molecular weight is 306 g/mol. The molecule has 21 heavy (non-hydrogen) atoms. The molecular weight excluding hydrogens is 299 g/mol. The quantitative estimate of drug-likeness (QED) is 0.821. The standard InChI is InChI=1S/C12H7F5N2O2/c13-4-1-5-9(6(2-4)12(15,16)17)19(8-3-7(8)14)11(21)18-10(5)20/h1-2,7-8H,3H2,(H,18,20,21). The van der Waals surface area contributed by atoms with Gasteiger partial charge >= 0.3 is 11.9 Å². The molecule has 0 bridgehead atoms. The molecule has 1 aliphatic rings. The third kappa shape index (κ3) is 2.12. The molecule has 1 aromatic heterocycles. The molecule has 1 heterocycles. The van der Waals surface area contributed by atoms with E-state index in [1.165, 1.54) is 0 Å². The average Bonchev–Trinajstić information content (AvgIpc) is 3.05. The predicted octanol–water partition coefficient (Wildman–Crippen LogP) is 2.13. The summed E-state index contributed by atoms with van der Waals surface area (Å²) in [5, 5.41) is -0.638. The Balaban J connectivity index is 2.52. The van der Waals surface area contributed by atoms with E-state index in [1.807, 2.05) is 0 Å². The second-order valence-electron chi connectivity index (χ2n) is 4.80. The van der Waals surface area contributed by atoms with E-state index in [2.05, 4.69) is 0 Å². The van der Waals surface area contributed by atoms with Gasteiger partial charge in [-0.05, 0) is 12.1 Å². The SMILES string of the molecule is O=c1[nH]c(=O)n(C2CC2F)c2c(C(F)(F)F)cc(F)cc12. The molecule has 0 saturated heterocycles. The number of nitrogens with one attached hydrogen (secondary N) is 1. The zero-order chi connectivity index (χ0) is 15.5. The van der Waals surface area contributed by atoms with E-state index in [0.717, 1.165) is 0 Å². The van der Waals surface area contributed by atoms with Gasteiger partial charge in [-0.2, -0.15) is 13.2 Å². The number of H-pyrrole nitrogens is 1. The maximum Gasteiger partial charge on any atom is 0.418 e. The van der Waals surface area contributed by atoms with Crippen LogP contribution in [0.1, 0.15) is 18.0 Å². The fraction of sp³-hybridized carbons (Fsp3) is 0.333. The van der Waals surface area contributed by atoms with Crippen molar-refractivity contribution in [2.75, 3.05) is 0 Å². The van der Waals surface area contributed by atoms with Crippen molar-refractivity contribution in [2.24, 2.45) is 0 Å². The van der Waals surface area contributed by atoms with Crippen LogP contribution in [0.2, 0.25) is 0 Å². The van der Waals surface area contributed by atoms with Crippen molar-refractivity contribution in [1.82, 2.24) is 9.55 Å². The summed E-state index contributed by atoms with van der Waals surface area (Å²) in [7, 11) is 0. The van der Waals surface area contributed by atoms with E-state index in [1.54, 1.807) is 4.98 Å². The van der Waals surface area contributed by atoms with Crippen molar-refractivity contribution in [3.05, 3.63) is 44.4 Å². The summed E-state index contributed by atoms with van der Waals surface area (Å²) in [6, 6.07) is -0.300. The predicted molar refractivity (Wildman–Crippen MR) is 62.3 cm³/mol. The summed E-state index contributed by atoms with van der Waals surface area (Å²) in [6.07, 6.45) is -6.58. The summed E-state index contributed by atoms with van der Waals surface area (Å²) in [5.74, 6) is -1.27. The van der Waals surface area contributed by atoms with Gasteiger partial charge in [-0.15, -0.1) is 0 Å². The van der Waals surface area contributed by atoms with Gasteiger partial charge < -0.3 is 0 Å². The van der Waals surface area contributed by atoms with Gasteiger partial charge in [0.25, 0.3) is 5.56 Å². The number of aromatic amines is 1. The van der Waals surface area contributed by atoms with Crippen molar-refractivity contribution in [3.8, 4) is 0 Å². The third-order valence-electron chi connectivity index (χ3n) is 3.32. The molecule has 1 aromatic carbocycles. The van der Waals surface area contributed by atoms with Crippen LogP contribution in [0.3, 0.4) is 0 Å². The Kier molecular flexibility index (Phi) is 2.72. The largest absolute Gasteiger partial charge is 0.418 e. The van der Waals surface area contributed by atoms with Gasteiger partial charge in [-0.1, -0.05) is 0 Å². The summed E-state index contributed by atoms with van der Waals surface area (Å²) < 4.78 is 66.1. The minimum atomic E-state index is -4.98. The highest BCUT2D eigenvalue weighted by Gasteiger charge is 2.43. The topological polar surface area (TPSA) is 54.9 Å². The molecule has 0 aliphatic heterocycles. The molecule has 3 rings (SSSR count). The van der Waals surface area contributed by atoms with Crippen LogP contribution in [-0.4, -0.2) is 15.7 Å². The first-order valence-electron chi connectivity index (χ1n) is 5.89. The van der Waals surface area contributed by atoms with Gasteiger partial charge in [0.15, 0.2) is 0 Å². The van der Waals surface area contributed by atoms with Crippen LogP contribution in [0.15, 0.2) is 21.7 Å². The van der Waals surface area contributed by atoms with E-state index in [0.29, 0.717) is 10.6 Å². The Hall–Kier alpha value is -2.19. The Morgan fingerprint density at radius 2 is 1.86 bits per heavy atom. The number of halogens is 5. The lowest BCUT2D eigenvalue weighted by atomic mass is 10.1. The number of alkyl halides is 4. The van der Waals surface area contributed by atoms with Crippen molar-refractivity contribution >= 4 is 10.9 Å². The second-order valence-corrected chi connectivity index (χ2v) is 4.80. The molecule has 9 heteroatoms. The number of rotatable bonds is 1. The lowest BCUT2D eigenvalue weighted by molar-refractivity contribution is -0.136. The number of fused-ring (bicyclic) bond motifs is 1. The van der Waals surface area contributed by atoms with E-state index in [-0.39, 0.29) is 12.5 Å². The number of aromatic nitrogens is 2. The van der Waals surface area contributed by atoms with E-state index >= 15 is 0 Å². The lowest BCUT2D eigenvalue weighted by Gasteiger charge is -2.15. The Labute approximate surface area is 112 Å². The van der Waals surface area contributed by atoms with E-state index in [4.69, 9.17) is 0 Å². The van der Waals surface area contributed by atoms with Crippen LogP contribution in [0, 0.1) is 5.82 Å².